The van der Waals surface area contributed by atoms with Gasteiger partial charge in [-0.15, -0.1) is 0 Å². The Balaban J connectivity index is 2.02. The topological polar surface area (TPSA) is 39.9 Å². The third-order valence-electron chi connectivity index (χ3n) is 4.32. The molecule has 1 aromatic carbocycles. The van der Waals surface area contributed by atoms with Gasteiger partial charge in [0.25, 0.3) is 0 Å². The number of fused-ring (bicyclic) bond motifs is 1. The van der Waals surface area contributed by atoms with Crippen LogP contribution in [-0.4, -0.2) is 24.6 Å². The molecule has 0 aliphatic carbocycles. The number of aryl methyl sites for hydroxylation is 1. The van der Waals surface area contributed by atoms with E-state index in [-0.39, 0.29) is 0 Å². The summed E-state index contributed by atoms with van der Waals surface area (Å²) in [5.41, 5.74) is 3.96. The Bertz CT molecular complexity index is 552. The lowest BCUT2D eigenvalue weighted by Crippen LogP contribution is -2.43. The van der Waals surface area contributed by atoms with Crippen molar-refractivity contribution in [2.24, 2.45) is 0 Å². The minimum atomic E-state index is 0.386. The molecule has 2 unspecified atom stereocenters. The maximum Gasteiger partial charge on any atom is 0.0497 e. The molecule has 1 saturated heterocycles. The van der Waals surface area contributed by atoms with E-state index < -0.39 is 0 Å². The van der Waals surface area contributed by atoms with Gasteiger partial charge in [-0.3, -0.25) is 0 Å². The van der Waals surface area contributed by atoms with Crippen LogP contribution in [0.2, 0.25) is 0 Å². The van der Waals surface area contributed by atoms with Gasteiger partial charge in [-0.1, -0.05) is 24.6 Å². The number of benzene rings is 1. The molecular weight excluding hydrogens is 234 g/mol. The van der Waals surface area contributed by atoms with Gasteiger partial charge in [0.15, 0.2) is 0 Å². The van der Waals surface area contributed by atoms with Crippen LogP contribution in [0.1, 0.15) is 36.6 Å². The van der Waals surface area contributed by atoms with Crippen LogP contribution in [0.15, 0.2) is 24.3 Å². The zero-order valence-electron chi connectivity index (χ0n) is 11.8. The van der Waals surface area contributed by atoms with Gasteiger partial charge in [-0.05, 0) is 45.0 Å². The maximum atomic E-state index is 3.67. The number of H-pyrrole nitrogens is 1. The van der Waals surface area contributed by atoms with E-state index in [1.54, 1.807) is 0 Å². The molecule has 3 N–H and O–H groups in total. The third-order valence-corrected chi connectivity index (χ3v) is 4.32. The van der Waals surface area contributed by atoms with Gasteiger partial charge in [-0.2, -0.15) is 0 Å². The Morgan fingerprint density at radius 2 is 2.11 bits per heavy atom. The zero-order valence-corrected chi connectivity index (χ0v) is 11.8. The third kappa shape index (κ3) is 2.28. The van der Waals surface area contributed by atoms with Crippen LogP contribution >= 0.6 is 0 Å². The molecule has 0 radical (unpaired) electrons. The van der Waals surface area contributed by atoms with Crippen molar-refractivity contribution >= 4 is 10.9 Å². The monoisotopic (exact) mass is 257 g/mol. The summed E-state index contributed by atoms with van der Waals surface area (Å²) in [6, 6.07) is 9.52. The van der Waals surface area contributed by atoms with Crippen molar-refractivity contribution in [3.05, 3.63) is 35.5 Å². The molecule has 1 aromatic heterocycles. The lowest BCUT2D eigenvalue weighted by Gasteiger charge is -2.31. The number of aromatic amines is 1. The van der Waals surface area contributed by atoms with Crippen LogP contribution in [-0.2, 0) is 0 Å². The van der Waals surface area contributed by atoms with Crippen LogP contribution < -0.4 is 10.6 Å². The number of nitrogens with one attached hydrogen (secondary N) is 3. The largest absolute Gasteiger partial charge is 0.358 e. The SMILES string of the molecule is CNC(c1c(C)[nH]c2ccccc12)C1CCCCN1. The molecule has 2 heterocycles. The summed E-state index contributed by atoms with van der Waals surface area (Å²) in [5.74, 6) is 0. The van der Waals surface area contributed by atoms with Crippen molar-refractivity contribution in [2.45, 2.75) is 38.3 Å². The van der Waals surface area contributed by atoms with Gasteiger partial charge < -0.3 is 15.6 Å². The molecule has 1 fully saturated rings. The van der Waals surface area contributed by atoms with Crippen molar-refractivity contribution in [3.8, 4) is 0 Å². The second-order valence-electron chi connectivity index (χ2n) is 5.53. The molecule has 0 spiro atoms. The number of likely N-dealkylation sites (N-methyl/N-ethyl adjacent to an activating group) is 1. The van der Waals surface area contributed by atoms with Crippen LogP contribution in [0.5, 0.6) is 0 Å². The predicted molar refractivity (Wildman–Crippen MR) is 80.5 cm³/mol. The Morgan fingerprint density at radius 3 is 2.84 bits per heavy atom. The van der Waals surface area contributed by atoms with Gasteiger partial charge in [-0.25, -0.2) is 0 Å². The molecule has 1 aliphatic heterocycles. The van der Waals surface area contributed by atoms with Crippen molar-refractivity contribution in [1.29, 1.82) is 0 Å². The smallest absolute Gasteiger partial charge is 0.0497 e. The molecule has 2 atom stereocenters. The summed E-state index contributed by atoms with van der Waals surface area (Å²) in [5, 5.41) is 8.55. The summed E-state index contributed by atoms with van der Waals surface area (Å²) in [4.78, 5) is 3.51. The second-order valence-corrected chi connectivity index (χ2v) is 5.53. The molecule has 0 bridgehead atoms. The summed E-state index contributed by atoms with van der Waals surface area (Å²) in [7, 11) is 2.07. The van der Waals surface area contributed by atoms with Gasteiger partial charge in [0.1, 0.15) is 0 Å². The minimum absolute atomic E-state index is 0.386. The number of rotatable bonds is 3. The highest BCUT2D eigenvalue weighted by Gasteiger charge is 2.26. The Morgan fingerprint density at radius 1 is 1.26 bits per heavy atom. The predicted octanol–water partition coefficient (Wildman–Crippen LogP) is 2.88. The van der Waals surface area contributed by atoms with E-state index in [9.17, 15) is 0 Å². The van der Waals surface area contributed by atoms with Gasteiger partial charge in [0, 0.05) is 28.7 Å². The fourth-order valence-corrected chi connectivity index (χ4v) is 3.41. The van der Waals surface area contributed by atoms with Crippen LogP contribution in [0, 0.1) is 6.92 Å². The first-order valence-electron chi connectivity index (χ1n) is 7.29. The van der Waals surface area contributed by atoms with Gasteiger partial charge in [0.2, 0.25) is 0 Å². The summed E-state index contributed by atoms with van der Waals surface area (Å²) >= 11 is 0. The number of hydrogen-bond donors (Lipinski definition) is 3. The number of aromatic nitrogens is 1. The van der Waals surface area contributed by atoms with E-state index in [0.29, 0.717) is 12.1 Å². The summed E-state index contributed by atoms with van der Waals surface area (Å²) in [6.07, 6.45) is 3.89. The molecular formula is C16H23N3. The standard InChI is InChI=1S/C16H23N3/c1-11-15(12-7-3-4-8-13(12)19-11)16(17-2)14-9-5-6-10-18-14/h3-4,7-8,14,16-19H,5-6,9-10H2,1-2H3. The Kier molecular flexibility index (Phi) is 3.58. The maximum absolute atomic E-state index is 3.67. The Labute approximate surface area is 114 Å². The van der Waals surface area contributed by atoms with E-state index in [4.69, 9.17) is 0 Å². The minimum Gasteiger partial charge on any atom is -0.358 e. The molecule has 2 aromatic rings. The molecule has 0 amide bonds. The summed E-state index contributed by atoms with van der Waals surface area (Å²) < 4.78 is 0. The van der Waals surface area contributed by atoms with Crippen molar-refractivity contribution in [3.63, 3.8) is 0 Å². The second kappa shape index (κ2) is 5.35. The van der Waals surface area contributed by atoms with E-state index in [2.05, 4.69) is 53.9 Å². The first kappa shape index (κ1) is 12.7. The first-order valence-corrected chi connectivity index (χ1v) is 7.29. The quantitative estimate of drug-likeness (QED) is 0.791. The highest BCUT2D eigenvalue weighted by atomic mass is 15.0. The highest BCUT2D eigenvalue weighted by Crippen LogP contribution is 2.31. The lowest BCUT2D eigenvalue weighted by atomic mass is 9.91. The number of para-hydroxylation sites is 1. The van der Waals surface area contributed by atoms with Crippen LogP contribution in [0.25, 0.3) is 10.9 Å². The zero-order chi connectivity index (χ0) is 13.2. The molecule has 3 rings (SSSR count). The molecule has 1 aliphatic rings. The van der Waals surface area contributed by atoms with Gasteiger partial charge in [0.05, 0.1) is 0 Å². The normalized spacial score (nSPS) is 21.7. The van der Waals surface area contributed by atoms with Crippen LogP contribution in [0.4, 0.5) is 0 Å². The fraction of sp³-hybridized carbons (Fsp3) is 0.500. The molecule has 19 heavy (non-hydrogen) atoms. The number of piperidine rings is 1. The molecule has 0 saturated carbocycles. The fourth-order valence-electron chi connectivity index (χ4n) is 3.41. The van der Waals surface area contributed by atoms with E-state index in [0.717, 1.165) is 6.54 Å². The molecule has 3 heteroatoms. The van der Waals surface area contributed by atoms with Crippen molar-refractivity contribution in [2.75, 3.05) is 13.6 Å². The Hall–Kier alpha value is -1.32. The van der Waals surface area contributed by atoms with E-state index in [1.165, 1.54) is 41.4 Å². The van der Waals surface area contributed by atoms with Gasteiger partial charge >= 0.3 is 0 Å². The molecule has 102 valence electrons. The van der Waals surface area contributed by atoms with E-state index in [1.807, 2.05) is 0 Å². The summed E-state index contributed by atoms with van der Waals surface area (Å²) in [6.45, 7) is 3.33. The first-order chi connectivity index (χ1) is 9.31. The lowest BCUT2D eigenvalue weighted by molar-refractivity contribution is 0.327. The van der Waals surface area contributed by atoms with Crippen molar-refractivity contribution < 1.29 is 0 Å². The average Bonchev–Trinajstić information content (AvgIpc) is 2.78. The average molecular weight is 257 g/mol. The number of hydrogen-bond acceptors (Lipinski definition) is 2. The highest BCUT2D eigenvalue weighted by molar-refractivity contribution is 5.85. The van der Waals surface area contributed by atoms with Crippen LogP contribution in [0.3, 0.4) is 0 Å². The van der Waals surface area contributed by atoms with Crippen molar-refractivity contribution in [1.82, 2.24) is 15.6 Å². The van der Waals surface area contributed by atoms with E-state index >= 15 is 0 Å². The molecule has 3 nitrogen and oxygen atoms in total.